The molecule has 1 heterocycles. The summed E-state index contributed by atoms with van der Waals surface area (Å²) in [5.41, 5.74) is 1.82. The molecule has 0 aliphatic carbocycles. The Labute approximate surface area is 138 Å². The van der Waals surface area contributed by atoms with E-state index in [4.69, 9.17) is 9.84 Å². The summed E-state index contributed by atoms with van der Waals surface area (Å²) in [7, 11) is 1.59. The third kappa shape index (κ3) is 4.82. The average molecular weight is 333 g/mol. The summed E-state index contributed by atoms with van der Waals surface area (Å²) in [6.07, 6.45) is 0.0433. The molecule has 0 spiro atoms. The van der Waals surface area contributed by atoms with Gasteiger partial charge in [0.05, 0.1) is 26.0 Å². The summed E-state index contributed by atoms with van der Waals surface area (Å²) in [5.74, 6) is -0.424. The SMILES string of the molecule is COc1cc(CC(=O)NC(CC(=O)O)c2cccs2)ccc1C. The van der Waals surface area contributed by atoms with Gasteiger partial charge in [-0.1, -0.05) is 18.2 Å². The van der Waals surface area contributed by atoms with Crippen LogP contribution in [0.4, 0.5) is 0 Å². The van der Waals surface area contributed by atoms with Gasteiger partial charge >= 0.3 is 5.97 Å². The highest BCUT2D eigenvalue weighted by Crippen LogP contribution is 2.23. The molecule has 1 atom stereocenters. The predicted octanol–water partition coefficient (Wildman–Crippen LogP) is 2.94. The van der Waals surface area contributed by atoms with Crippen molar-refractivity contribution < 1.29 is 19.4 Å². The standard InChI is InChI=1S/C17H19NO4S/c1-11-5-6-12(8-14(11)22-2)9-16(19)18-13(10-17(20)21)15-4-3-7-23-15/h3-8,13H,9-10H2,1-2H3,(H,18,19)(H,20,21). The molecule has 0 saturated carbocycles. The number of amides is 1. The summed E-state index contributed by atoms with van der Waals surface area (Å²) >= 11 is 1.43. The largest absolute Gasteiger partial charge is 0.496 e. The molecule has 1 aromatic heterocycles. The minimum atomic E-state index is -0.944. The van der Waals surface area contributed by atoms with Crippen LogP contribution in [0.15, 0.2) is 35.7 Å². The fourth-order valence-corrected chi connectivity index (χ4v) is 3.07. The molecule has 1 amide bonds. The summed E-state index contributed by atoms with van der Waals surface area (Å²) in [6, 6.07) is 8.75. The van der Waals surface area contributed by atoms with Gasteiger partial charge in [0.2, 0.25) is 5.91 Å². The Morgan fingerprint density at radius 3 is 2.74 bits per heavy atom. The first-order valence-electron chi connectivity index (χ1n) is 7.17. The van der Waals surface area contributed by atoms with Gasteiger partial charge in [-0.25, -0.2) is 0 Å². The lowest BCUT2D eigenvalue weighted by molar-refractivity contribution is -0.137. The molecule has 0 aliphatic heterocycles. The molecule has 0 fully saturated rings. The number of hydrogen-bond donors (Lipinski definition) is 2. The zero-order chi connectivity index (χ0) is 16.8. The number of thiophene rings is 1. The molecule has 23 heavy (non-hydrogen) atoms. The maximum absolute atomic E-state index is 12.2. The molecule has 1 unspecified atom stereocenters. The van der Waals surface area contributed by atoms with Crippen molar-refractivity contribution in [1.82, 2.24) is 5.32 Å². The number of aliphatic carboxylic acids is 1. The second-order valence-electron chi connectivity index (χ2n) is 5.21. The van der Waals surface area contributed by atoms with E-state index < -0.39 is 12.0 Å². The van der Waals surface area contributed by atoms with Crippen molar-refractivity contribution in [3.05, 3.63) is 51.7 Å². The number of aryl methyl sites for hydroxylation is 1. The summed E-state index contributed by atoms with van der Waals surface area (Å²) in [6.45, 7) is 1.93. The maximum atomic E-state index is 12.2. The number of carboxylic acid groups (broad SMARTS) is 1. The van der Waals surface area contributed by atoms with Crippen LogP contribution in [0.3, 0.4) is 0 Å². The Kier molecular flexibility index (Phi) is 5.76. The molecule has 0 bridgehead atoms. The van der Waals surface area contributed by atoms with Gasteiger partial charge in [-0.15, -0.1) is 11.3 Å². The van der Waals surface area contributed by atoms with Gasteiger partial charge in [0.25, 0.3) is 0 Å². The number of ether oxygens (including phenoxy) is 1. The van der Waals surface area contributed by atoms with Crippen molar-refractivity contribution in [2.45, 2.75) is 25.8 Å². The van der Waals surface area contributed by atoms with Crippen LogP contribution in [0.1, 0.15) is 28.5 Å². The first-order chi connectivity index (χ1) is 11.0. The number of rotatable bonds is 7. The van der Waals surface area contributed by atoms with E-state index in [9.17, 15) is 9.59 Å². The van der Waals surface area contributed by atoms with Crippen molar-refractivity contribution in [2.24, 2.45) is 0 Å². The summed E-state index contributed by atoms with van der Waals surface area (Å²) in [4.78, 5) is 24.1. The molecular formula is C17H19NO4S. The van der Waals surface area contributed by atoms with Crippen molar-refractivity contribution >= 4 is 23.2 Å². The molecule has 122 valence electrons. The van der Waals surface area contributed by atoms with Crippen molar-refractivity contribution in [3.63, 3.8) is 0 Å². The lowest BCUT2D eigenvalue weighted by Gasteiger charge is -2.16. The van der Waals surface area contributed by atoms with Crippen LogP contribution >= 0.6 is 11.3 Å². The number of carboxylic acids is 1. The highest BCUT2D eigenvalue weighted by atomic mass is 32.1. The van der Waals surface area contributed by atoms with E-state index >= 15 is 0 Å². The van der Waals surface area contributed by atoms with Crippen LogP contribution in [-0.2, 0) is 16.0 Å². The first kappa shape index (κ1) is 17.0. The molecule has 1 aromatic carbocycles. The van der Waals surface area contributed by atoms with Crippen molar-refractivity contribution in [1.29, 1.82) is 0 Å². The van der Waals surface area contributed by atoms with Crippen LogP contribution in [0.25, 0.3) is 0 Å². The Morgan fingerprint density at radius 2 is 2.13 bits per heavy atom. The number of carbonyl (C=O) groups excluding carboxylic acids is 1. The van der Waals surface area contributed by atoms with E-state index in [0.29, 0.717) is 0 Å². The van der Waals surface area contributed by atoms with Crippen LogP contribution in [0, 0.1) is 6.92 Å². The minimum absolute atomic E-state index is 0.135. The molecule has 0 saturated heterocycles. The van der Waals surface area contributed by atoms with Crippen molar-refractivity contribution in [2.75, 3.05) is 7.11 Å². The number of hydrogen-bond acceptors (Lipinski definition) is 4. The van der Waals surface area contributed by atoms with Gasteiger partial charge in [0.15, 0.2) is 0 Å². The molecule has 2 N–H and O–H groups in total. The smallest absolute Gasteiger partial charge is 0.305 e. The maximum Gasteiger partial charge on any atom is 0.305 e. The first-order valence-corrected chi connectivity index (χ1v) is 8.05. The topological polar surface area (TPSA) is 75.6 Å². The van der Waals surface area contributed by atoms with Gasteiger partial charge in [-0.05, 0) is 35.6 Å². The molecule has 5 nitrogen and oxygen atoms in total. The molecule has 0 aliphatic rings. The van der Waals surface area contributed by atoms with Crippen LogP contribution < -0.4 is 10.1 Å². The van der Waals surface area contributed by atoms with Gasteiger partial charge < -0.3 is 15.2 Å². The van der Waals surface area contributed by atoms with E-state index in [1.54, 1.807) is 7.11 Å². The van der Waals surface area contributed by atoms with E-state index in [1.807, 2.05) is 42.6 Å². The number of nitrogens with one attached hydrogen (secondary N) is 1. The average Bonchev–Trinajstić information content (AvgIpc) is 3.02. The van der Waals surface area contributed by atoms with Crippen LogP contribution in [0.5, 0.6) is 5.75 Å². The number of methoxy groups -OCH3 is 1. The molecule has 6 heteroatoms. The number of benzene rings is 1. The third-order valence-electron chi connectivity index (χ3n) is 3.44. The second kappa shape index (κ2) is 7.78. The molecule has 0 radical (unpaired) electrons. The highest BCUT2D eigenvalue weighted by molar-refractivity contribution is 7.10. The second-order valence-corrected chi connectivity index (χ2v) is 6.19. The molecule has 2 aromatic rings. The minimum Gasteiger partial charge on any atom is -0.496 e. The fourth-order valence-electron chi connectivity index (χ4n) is 2.29. The zero-order valence-electron chi connectivity index (χ0n) is 13.0. The summed E-state index contributed by atoms with van der Waals surface area (Å²) in [5, 5.41) is 13.7. The van der Waals surface area contributed by atoms with E-state index in [1.165, 1.54) is 11.3 Å². The molecular weight excluding hydrogens is 314 g/mol. The van der Waals surface area contributed by atoms with Crippen LogP contribution in [-0.4, -0.2) is 24.1 Å². The number of carbonyl (C=O) groups is 2. The van der Waals surface area contributed by atoms with Gasteiger partial charge in [-0.2, -0.15) is 0 Å². The van der Waals surface area contributed by atoms with E-state index in [-0.39, 0.29) is 18.7 Å². The van der Waals surface area contributed by atoms with E-state index in [2.05, 4.69) is 5.32 Å². The fraction of sp³-hybridized carbons (Fsp3) is 0.294. The normalized spacial score (nSPS) is 11.7. The summed E-state index contributed by atoms with van der Waals surface area (Å²) < 4.78 is 5.25. The predicted molar refractivity (Wildman–Crippen MR) is 88.9 cm³/mol. The van der Waals surface area contributed by atoms with Crippen molar-refractivity contribution in [3.8, 4) is 5.75 Å². The Bertz CT molecular complexity index is 682. The highest BCUT2D eigenvalue weighted by Gasteiger charge is 2.19. The van der Waals surface area contributed by atoms with Gasteiger partial charge in [-0.3, -0.25) is 9.59 Å². The van der Waals surface area contributed by atoms with Gasteiger partial charge in [0, 0.05) is 4.88 Å². The zero-order valence-corrected chi connectivity index (χ0v) is 13.9. The Morgan fingerprint density at radius 1 is 1.35 bits per heavy atom. The van der Waals surface area contributed by atoms with Gasteiger partial charge in [0.1, 0.15) is 5.75 Å². The Hall–Kier alpha value is -2.34. The molecule has 2 rings (SSSR count). The lowest BCUT2D eigenvalue weighted by Crippen LogP contribution is -2.30. The third-order valence-corrected chi connectivity index (χ3v) is 4.42. The van der Waals surface area contributed by atoms with Crippen LogP contribution in [0.2, 0.25) is 0 Å². The monoisotopic (exact) mass is 333 g/mol. The quantitative estimate of drug-likeness (QED) is 0.817. The Balaban J connectivity index is 2.06. The lowest BCUT2D eigenvalue weighted by atomic mass is 10.1. The van der Waals surface area contributed by atoms with E-state index in [0.717, 1.165) is 21.8 Å².